The van der Waals surface area contributed by atoms with Crippen LogP contribution in [0.5, 0.6) is 0 Å². The maximum atomic E-state index is 9.36. The topological polar surface area (TPSA) is 35.5 Å². The normalized spacial score (nSPS) is 14.4. The van der Waals surface area contributed by atoms with E-state index >= 15 is 0 Å². The Bertz CT molecular complexity index is 381. The second-order valence-electron chi connectivity index (χ2n) is 5.79. The third-order valence-corrected chi connectivity index (χ3v) is 4.17. The molecule has 4 heteroatoms. The van der Waals surface area contributed by atoms with Crippen LogP contribution in [0.15, 0.2) is 28.7 Å². The second kappa shape index (κ2) is 10.3. The van der Waals surface area contributed by atoms with Gasteiger partial charge in [0.05, 0.1) is 6.10 Å². The van der Waals surface area contributed by atoms with Crippen molar-refractivity contribution in [3.05, 3.63) is 34.3 Å². The van der Waals surface area contributed by atoms with Gasteiger partial charge in [-0.3, -0.25) is 0 Å². The molecule has 0 saturated carbocycles. The Balaban J connectivity index is 2.51. The van der Waals surface area contributed by atoms with Crippen molar-refractivity contribution >= 4 is 15.9 Å². The van der Waals surface area contributed by atoms with Crippen LogP contribution < -0.4 is 5.32 Å². The summed E-state index contributed by atoms with van der Waals surface area (Å²) in [5, 5.41) is 13.0. The molecule has 0 amide bonds. The van der Waals surface area contributed by atoms with Gasteiger partial charge in [-0.2, -0.15) is 0 Å². The lowest BCUT2D eigenvalue weighted by Gasteiger charge is -2.23. The summed E-state index contributed by atoms with van der Waals surface area (Å²) >= 11 is 3.49. The predicted octanol–water partition coefficient (Wildman–Crippen LogP) is 3.58. The highest BCUT2D eigenvalue weighted by molar-refractivity contribution is 9.10. The highest BCUT2D eigenvalue weighted by atomic mass is 79.9. The van der Waals surface area contributed by atoms with Crippen LogP contribution >= 0.6 is 15.9 Å². The van der Waals surface area contributed by atoms with Crippen LogP contribution in [0.1, 0.15) is 44.7 Å². The van der Waals surface area contributed by atoms with Crippen molar-refractivity contribution in [2.24, 2.45) is 0 Å². The molecule has 0 radical (unpaired) electrons. The monoisotopic (exact) mass is 356 g/mol. The van der Waals surface area contributed by atoms with Crippen molar-refractivity contribution < 1.29 is 5.11 Å². The minimum Gasteiger partial charge on any atom is -0.393 e. The van der Waals surface area contributed by atoms with Gasteiger partial charge >= 0.3 is 0 Å². The molecule has 0 aromatic heterocycles. The molecule has 0 aliphatic rings. The third-order valence-electron chi connectivity index (χ3n) is 3.64. The van der Waals surface area contributed by atoms with Crippen LogP contribution in [-0.2, 0) is 0 Å². The van der Waals surface area contributed by atoms with Crippen molar-refractivity contribution in [3.63, 3.8) is 0 Å². The second-order valence-corrected chi connectivity index (χ2v) is 6.70. The van der Waals surface area contributed by atoms with Crippen molar-refractivity contribution in [1.82, 2.24) is 10.2 Å². The number of aliphatic hydroxyl groups is 1. The summed E-state index contributed by atoms with van der Waals surface area (Å²) in [5.41, 5.74) is 1.34. The fraction of sp³-hybridized carbons (Fsp3) is 0.647. The van der Waals surface area contributed by atoms with Crippen molar-refractivity contribution in [2.45, 2.75) is 45.3 Å². The van der Waals surface area contributed by atoms with Gasteiger partial charge in [0.1, 0.15) is 0 Å². The molecule has 21 heavy (non-hydrogen) atoms. The molecule has 1 aromatic rings. The van der Waals surface area contributed by atoms with Crippen LogP contribution in [0.2, 0.25) is 0 Å². The van der Waals surface area contributed by atoms with E-state index in [-0.39, 0.29) is 6.10 Å². The number of halogens is 1. The minimum atomic E-state index is -0.215. The first-order chi connectivity index (χ1) is 10.0. The van der Waals surface area contributed by atoms with Crippen molar-refractivity contribution in [3.8, 4) is 0 Å². The van der Waals surface area contributed by atoms with E-state index in [1.807, 2.05) is 6.92 Å². The first kappa shape index (κ1) is 18.6. The fourth-order valence-electron chi connectivity index (χ4n) is 2.27. The number of aliphatic hydroxyl groups excluding tert-OH is 1. The first-order valence-corrected chi connectivity index (χ1v) is 8.67. The van der Waals surface area contributed by atoms with E-state index in [1.54, 1.807) is 0 Å². The Morgan fingerprint density at radius 2 is 1.81 bits per heavy atom. The van der Waals surface area contributed by atoms with Gasteiger partial charge in [-0.15, -0.1) is 0 Å². The number of hydrogen-bond acceptors (Lipinski definition) is 3. The van der Waals surface area contributed by atoms with Crippen LogP contribution in [0.4, 0.5) is 0 Å². The largest absolute Gasteiger partial charge is 0.393 e. The van der Waals surface area contributed by atoms with Gasteiger partial charge in [-0.25, -0.2) is 0 Å². The van der Waals surface area contributed by atoms with E-state index in [1.165, 1.54) is 5.56 Å². The van der Waals surface area contributed by atoms with Gasteiger partial charge in [0, 0.05) is 17.1 Å². The smallest absolute Gasteiger partial charge is 0.0524 e. The van der Waals surface area contributed by atoms with E-state index in [9.17, 15) is 5.11 Å². The zero-order chi connectivity index (χ0) is 15.7. The van der Waals surface area contributed by atoms with Gasteiger partial charge in [0.2, 0.25) is 0 Å². The number of nitrogens with zero attached hydrogens (tertiary/aromatic N) is 1. The summed E-state index contributed by atoms with van der Waals surface area (Å²) in [5.74, 6) is 0. The Morgan fingerprint density at radius 3 is 2.38 bits per heavy atom. The highest BCUT2D eigenvalue weighted by Gasteiger charge is 2.12. The van der Waals surface area contributed by atoms with Gasteiger partial charge in [0.25, 0.3) is 0 Å². The lowest BCUT2D eigenvalue weighted by molar-refractivity contribution is 0.163. The zero-order valence-electron chi connectivity index (χ0n) is 13.5. The van der Waals surface area contributed by atoms with Crippen molar-refractivity contribution in [2.75, 3.05) is 26.7 Å². The fourth-order valence-corrected chi connectivity index (χ4v) is 2.53. The Hall–Kier alpha value is -0.420. The number of rotatable bonds is 10. The molecule has 0 heterocycles. The lowest BCUT2D eigenvalue weighted by Crippen LogP contribution is -2.29. The Morgan fingerprint density at radius 1 is 1.19 bits per heavy atom. The maximum Gasteiger partial charge on any atom is 0.0524 e. The molecule has 0 bridgehead atoms. The Kier molecular flexibility index (Phi) is 9.16. The van der Waals surface area contributed by atoms with E-state index in [4.69, 9.17) is 0 Å². The third kappa shape index (κ3) is 7.96. The average molecular weight is 357 g/mol. The van der Waals surface area contributed by atoms with Crippen molar-refractivity contribution in [1.29, 1.82) is 0 Å². The van der Waals surface area contributed by atoms with E-state index in [0.717, 1.165) is 43.4 Å². The molecule has 2 unspecified atom stereocenters. The molecule has 0 aliphatic heterocycles. The molecular formula is C17H29BrN2O. The highest BCUT2D eigenvalue weighted by Crippen LogP contribution is 2.20. The molecule has 0 aliphatic carbocycles. The molecule has 0 saturated heterocycles. The molecular weight excluding hydrogens is 328 g/mol. The first-order valence-electron chi connectivity index (χ1n) is 7.88. The van der Waals surface area contributed by atoms with Gasteiger partial charge < -0.3 is 15.3 Å². The SMILES string of the molecule is CCCNC(CCN(C)CCC(C)O)c1ccc(Br)cc1. The minimum absolute atomic E-state index is 0.215. The van der Waals surface area contributed by atoms with Gasteiger partial charge in [0.15, 0.2) is 0 Å². The molecule has 0 spiro atoms. The van der Waals surface area contributed by atoms with Crippen LogP contribution in [0, 0.1) is 0 Å². The summed E-state index contributed by atoms with van der Waals surface area (Å²) in [7, 11) is 2.13. The summed E-state index contributed by atoms with van der Waals surface area (Å²) in [4.78, 5) is 2.30. The number of benzene rings is 1. The summed E-state index contributed by atoms with van der Waals surface area (Å²) in [6.45, 7) is 7.06. The summed E-state index contributed by atoms with van der Waals surface area (Å²) in [6.07, 6.45) is 2.85. The molecule has 2 atom stereocenters. The van der Waals surface area contributed by atoms with E-state index < -0.39 is 0 Å². The summed E-state index contributed by atoms with van der Waals surface area (Å²) < 4.78 is 1.12. The average Bonchev–Trinajstić information content (AvgIpc) is 2.46. The van der Waals surface area contributed by atoms with Gasteiger partial charge in [-0.05, 0) is 64.0 Å². The molecule has 120 valence electrons. The standard InChI is InChI=1S/C17H29BrN2O/c1-4-11-19-17(15-5-7-16(18)8-6-15)10-13-20(3)12-9-14(2)21/h5-8,14,17,19,21H,4,9-13H2,1-3H3. The Labute approximate surface area is 137 Å². The number of hydrogen-bond donors (Lipinski definition) is 2. The van der Waals surface area contributed by atoms with Crippen LogP contribution in [0.25, 0.3) is 0 Å². The summed E-state index contributed by atoms with van der Waals surface area (Å²) in [6, 6.07) is 8.98. The number of nitrogens with one attached hydrogen (secondary N) is 1. The maximum absolute atomic E-state index is 9.36. The zero-order valence-corrected chi connectivity index (χ0v) is 15.1. The van der Waals surface area contributed by atoms with Crippen LogP contribution in [-0.4, -0.2) is 42.8 Å². The molecule has 3 nitrogen and oxygen atoms in total. The molecule has 1 aromatic carbocycles. The van der Waals surface area contributed by atoms with E-state index in [2.05, 4.69) is 64.4 Å². The lowest BCUT2D eigenvalue weighted by atomic mass is 10.0. The van der Waals surface area contributed by atoms with Gasteiger partial charge in [-0.1, -0.05) is 35.0 Å². The quantitative estimate of drug-likeness (QED) is 0.672. The predicted molar refractivity (Wildman–Crippen MR) is 93.6 cm³/mol. The molecule has 2 N–H and O–H groups in total. The molecule has 0 fully saturated rings. The van der Waals surface area contributed by atoms with E-state index in [0.29, 0.717) is 6.04 Å². The molecule has 1 rings (SSSR count). The van der Waals surface area contributed by atoms with Crippen LogP contribution in [0.3, 0.4) is 0 Å².